The van der Waals surface area contributed by atoms with Gasteiger partial charge in [-0.25, -0.2) is 0 Å². The maximum absolute atomic E-state index is 11.6. The Morgan fingerprint density at radius 2 is 1.62 bits per heavy atom. The van der Waals surface area contributed by atoms with Crippen LogP contribution in [0, 0.1) is 0 Å². The van der Waals surface area contributed by atoms with Gasteiger partial charge in [0.05, 0.1) is 0 Å². The molecule has 0 aliphatic rings. The Kier molecular flexibility index (Phi) is 5.88. The van der Waals surface area contributed by atoms with Gasteiger partial charge in [0, 0.05) is 6.61 Å². The van der Waals surface area contributed by atoms with Gasteiger partial charge in [-0.05, 0) is 45.7 Å². The first-order valence-corrected chi connectivity index (χ1v) is 12.5. The van der Waals surface area contributed by atoms with Crippen molar-refractivity contribution in [3.05, 3.63) is 0 Å². The average Bonchev–Trinajstić information content (AvgIpc) is 1.98. The molecule has 0 fully saturated rings. The summed E-state index contributed by atoms with van der Waals surface area (Å²) in [6.07, 6.45) is 0.535. The monoisotopic (exact) mass is 263 g/mol. The minimum atomic E-state index is -1.82. The van der Waals surface area contributed by atoms with Crippen molar-refractivity contribution in [2.45, 2.75) is 51.7 Å². The van der Waals surface area contributed by atoms with Gasteiger partial charge in [0.2, 0.25) is 8.32 Å². The van der Waals surface area contributed by atoms with Crippen LogP contribution >= 0.6 is 0 Å². The molecule has 0 aliphatic carbocycles. The molecule has 0 radical (unpaired) electrons. The molecule has 0 rings (SSSR count). The zero-order valence-corrected chi connectivity index (χ0v) is 13.3. The lowest BCUT2D eigenvalue weighted by molar-refractivity contribution is -0.136. The fraction of sp³-hybridized carbons (Fsp3) is 0.900. The Balaban J connectivity index is 3.89. The van der Waals surface area contributed by atoms with Crippen LogP contribution in [-0.2, 0) is 13.6 Å². The van der Waals surface area contributed by atoms with E-state index in [2.05, 4.69) is 19.6 Å². The van der Waals surface area contributed by atoms with Crippen molar-refractivity contribution in [2.75, 3.05) is 6.61 Å². The lowest BCUT2D eigenvalue weighted by Crippen LogP contribution is -2.40. The minimum absolute atomic E-state index is 0.293. The van der Waals surface area contributed by atoms with E-state index in [0.717, 1.165) is 0 Å². The van der Waals surface area contributed by atoms with Crippen LogP contribution in [0.15, 0.2) is 0 Å². The molecule has 0 spiro atoms. The number of nitrogens with two attached hydrogens (primary N) is 1. The second-order valence-corrected chi connectivity index (χ2v) is 14.8. The van der Waals surface area contributed by atoms with E-state index in [1.165, 1.54) is 0 Å². The summed E-state index contributed by atoms with van der Waals surface area (Å²) >= 11 is 0. The summed E-state index contributed by atoms with van der Waals surface area (Å²) in [5, 5.41) is 0. The molecule has 0 aromatic carbocycles. The van der Waals surface area contributed by atoms with Crippen LogP contribution in [-0.4, -0.2) is 35.3 Å². The summed E-state index contributed by atoms with van der Waals surface area (Å²) in [6, 6.07) is -0.553. The van der Waals surface area contributed by atoms with Crippen LogP contribution in [0.1, 0.15) is 6.42 Å². The lowest BCUT2D eigenvalue weighted by atomic mass is 10.2. The topological polar surface area (TPSA) is 61.5 Å². The van der Waals surface area contributed by atoms with Gasteiger partial charge in [-0.1, -0.05) is 0 Å². The summed E-state index contributed by atoms with van der Waals surface area (Å²) < 4.78 is 11.0. The van der Waals surface area contributed by atoms with E-state index in [9.17, 15) is 4.79 Å². The van der Waals surface area contributed by atoms with E-state index < -0.39 is 22.7 Å². The Hall–Kier alpha value is -0.176. The molecular weight excluding hydrogens is 238 g/mol. The molecule has 0 aromatic rings. The molecule has 2 N–H and O–H groups in total. The van der Waals surface area contributed by atoms with E-state index in [1.807, 2.05) is 19.6 Å². The second-order valence-electron chi connectivity index (χ2n) is 5.89. The molecule has 0 aromatic heterocycles. The first kappa shape index (κ1) is 15.8. The third-order valence-electron chi connectivity index (χ3n) is 1.67. The molecule has 0 aliphatic heterocycles. The SMILES string of the molecule is C[Si](C)(C)OCCC(N)C(=O)O[Si](C)(C)C. The van der Waals surface area contributed by atoms with Gasteiger partial charge in [-0.15, -0.1) is 0 Å². The Bertz CT molecular complexity index is 233. The maximum atomic E-state index is 11.6. The summed E-state index contributed by atoms with van der Waals surface area (Å²) in [6.45, 7) is 12.8. The van der Waals surface area contributed by atoms with Crippen molar-refractivity contribution in [3.63, 3.8) is 0 Å². The van der Waals surface area contributed by atoms with Crippen LogP contribution in [0.25, 0.3) is 0 Å². The van der Waals surface area contributed by atoms with E-state index >= 15 is 0 Å². The van der Waals surface area contributed by atoms with Crippen molar-refractivity contribution in [1.82, 2.24) is 0 Å². The molecule has 6 heteroatoms. The Morgan fingerprint density at radius 1 is 1.12 bits per heavy atom. The van der Waals surface area contributed by atoms with Gasteiger partial charge in [-0.2, -0.15) is 0 Å². The molecule has 0 bridgehead atoms. The largest absolute Gasteiger partial charge is 0.519 e. The van der Waals surface area contributed by atoms with Crippen LogP contribution < -0.4 is 5.73 Å². The fourth-order valence-corrected chi connectivity index (χ4v) is 2.47. The number of rotatable bonds is 6. The highest BCUT2D eigenvalue weighted by Crippen LogP contribution is 2.07. The van der Waals surface area contributed by atoms with Gasteiger partial charge in [0.25, 0.3) is 0 Å². The smallest absolute Gasteiger partial charge is 0.309 e. The van der Waals surface area contributed by atoms with E-state index in [4.69, 9.17) is 14.6 Å². The summed E-state index contributed by atoms with van der Waals surface area (Å²) in [5.74, 6) is -0.293. The Labute approximate surface area is 101 Å². The predicted molar refractivity (Wildman–Crippen MR) is 71.3 cm³/mol. The molecule has 0 saturated carbocycles. The van der Waals surface area contributed by atoms with Gasteiger partial charge >= 0.3 is 5.97 Å². The van der Waals surface area contributed by atoms with E-state index in [-0.39, 0.29) is 5.97 Å². The highest BCUT2D eigenvalue weighted by molar-refractivity contribution is 6.71. The predicted octanol–water partition coefficient (Wildman–Crippen LogP) is 1.93. The zero-order valence-electron chi connectivity index (χ0n) is 11.3. The van der Waals surface area contributed by atoms with Gasteiger partial charge in [0.1, 0.15) is 6.04 Å². The van der Waals surface area contributed by atoms with Gasteiger partial charge in [-0.3, -0.25) is 4.79 Å². The average molecular weight is 263 g/mol. The van der Waals surface area contributed by atoms with Crippen molar-refractivity contribution in [3.8, 4) is 0 Å². The highest BCUT2D eigenvalue weighted by atomic mass is 28.4. The Morgan fingerprint density at radius 3 is 2.00 bits per heavy atom. The molecule has 0 amide bonds. The molecule has 1 unspecified atom stereocenters. The summed E-state index contributed by atoms with van der Waals surface area (Å²) in [4.78, 5) is 11.6. The molecule has 1 atom stereocenters. The van der Waals surface area contributed by atoms with Crippen LogP contribution in [0.4, 0.5) is 0 Å². The molecule has 96 valence electrons. The number of carbonyl (C=O) groups is 1. The molecule has 0 saturated heterocycles. The number of carbonyl (C=O) groups excluding carboxylic acids is 1. The third kappa shape index (κ3) is 9.08. The second kappa shape index (κ2) is 5.95. The molecular formula is C10H25NO3Si2. The van der Waals surface area contributed by atoms with Crippen LogP contribution in [0.3, 0.4) is 0 Å². The summed E-state index contributed by atoms with van der Waals surface area (Å²) in [7, 11) is -3.33. The van der Waals surface area contributed by atoms with Crippen LogP contribution in [0.5, 0.6) is 0 Å². The quantitative estimate of drug-likeness (QED) is 0.744. The normalized spacial score (nSPS) is 14.7. The summed E-state index contributed by atoms with van der Waals surface area (Å²) in [5.41, 5.74) is 5.74. The van der Waals surface area contributed by atoms with E-state index in [0.29, 0.717) is 13.0 Å². The highest BCUT2D eigenvalue weighted by Gasteiger charge is 2.24. The standard InChI is InChI=1S/C10H25NO3Si2/c1-15(2,3)13-8-7-9(11)10(12)14-16(4,5)6/h9H,7-8,11H2,1-6H3. The van der Waals surface area contributed by atoms with Crippen LogP contribution in [0.2, 0.25) is 39.3 Å². The first-order valence-electron chi connectivity index (χ1n) is 5.64. The maximum Gasteiger partial charge on any atom is 0.309 e. The lowest BCUT2D eigenvalue weighted by Gasteiger charge is -2.22. The minimum Gasteiger partial charge on any atom is -0.519 e. The van der Waals surface area contributed by atoms with Crippen molar-refractivity contribution >= 4 is 22.6 Å². The molecule has 4 nitrogen and oxygen atoms in total. The molecule has 16 heavy (non-hydrogen) atoms. The van der Waals surface area contributed by atoms with Crippen molar-refractivity contribution < 1.29 is 13.6 Å². The van der Waals surface area contributed by atoms with Gasteiger partial charge < -0.3 is 14.6 Å². The first-order chi connectivity index (χ1) is 7.01. The number of hydrogen-bond donors (Lipinski definition) is 1. The fourth-order valence-electron chi connectivity index (χ4n) is 0.987. The van der Waals surface area contributed by atoms with Crippen molar-refractivity contribution in [2.24, 2.45) is 5.73 Å². The zero-order chi connectivity index (χ0) is 13.0. The third-order valence-corrected chi connectivity index (χ3v) is 3.56. The number of hydrogen-bond acceptors (Lipinski definition) is 4. The van der Waals surface area contributed by atoms with Crippen molar-refractivity contribution in [1.29, 1.82) is 0 Å². The van der Waals surface area contributed by atoms with E-state index in [1.54, 1.807) is 0 Å². The van der Waals surface area contributed by atoms with Gasteiger partial charge in [0.15, 0.2) is 8.32 Å². The molecule has 0 heterocycles.